The maximum Gasteiger partial charge on any atom is 0.0885 e. The van der Waals surface area contributed by atoms with Crippen molar-refractivity contribution < 1.29 is 10.1 Å². The zero-order valence-electron chi connectivity index (χ0n) is 9.82. The Labute approximate surface area is 92.6 Å². The van der Waals surface area contributed by atoms with Crippen molar-refractivity contribution in [3.05, 3.63) is 0 Å². The average molecular weight is 214 g/mol. The molecule has 0 atom stereocenters. The Morgan fingerprint density at radius 1 is 1.13 bits per heavy atom. The van der Waals surface area contributed by atoms with Crippen LogP contribution >= 0.6 is 0 Å². The number of nitrogens with two attached hydrogens (primary N) is 1. The van der Waals surface area contributed by atoms with Gasteiger partial charge in [0, 0.05) is 33.3 Å². The molecule has 4 heteroatoms. The molecule has 2 rings (SSSR count). The van der Waals surface area contributed by atoms with Crippen LogP contribution in [0.4, 0.5) is 0 Å². The van der Waals surface area contributed by atoms with Crippen LogP contribution in [0.1, 0.15) is 6.42 Å². The monoisotopic (exact) mass is 214 g/mol. The number of quaternary nitrogens is 1. The Hall–Kier alpha value is -0.160. The molecule has 2 aliphatic rings. The maximum absolute atomic E-state index is 5.26. The number of piperazine rings is 1. The quantitative estimate of drug-likeness (QED) is 0.610. The molecule has 0 bridgehead atoms. The number of nitrogens with zero attached hydrogens (tertiary/aromatic N) is 2. The first-order chi connectivity index (χ1) is 7.38. The fraction of sp³-hybridized carbons (Fsp3) is 1.00. The predicted molar refractivity (Wildman–Crippen MR) is 60.0 cm³/mol. The Kier molecular flexibility index (Phi) is 4.38. The fourth-order valence-corrected chi connectivity index (χ4v) is 2.40. The molecule has 2 saturated heterocycles. The predicted octanol–water partition coefficient (Wildman–Crippen LogP) is -1.41. The number of rotatable bonds is 5. The summed E-state index contributed by atoms with van der Waals surface area (Å²) in [5.74, 6) is 0. The highest BCUT2D eigenvalue weighted by Crippen LogP contribution is 2.10. The van der Waals surface area contributed by atoms with E-state index in [1.807, 2.05) is 7.11 Å². The molecule has 0 aromatic heterocycles. The van der Waals surface area contributed by atoms with Crippen LogP contribution in [-0.2, 0) is 4.74 Å². The largest absolute Gasteiger partial charge is 0.379 e. The molecule has 2 heterocycles. The van der Waals surface area contributed by atoms with E-state index in [0.717, 1.165) is 13.1 Å². The molecule has 0 aliphatic carbocycles. The Bertz CT molecular complexity index is 177. The number of ether oxygens (including phenoxy) is 1. The van der Waals surface area contributed by atoms with Crippen LogP contribution in [0.25, 0.3) is 0 Å². The highest BCUT2D eigenvalue weighted by atomic mass is 16.5. The van der Waals surface area contributed by atoms with Crippen LogP contribution in [0.2, 0.25) is 0 Å². The summed E-state index contributed by atoms with van der Waals surface area (Å²) in [7, 11) is 1.81. The lowest BCUT2D eigenvalue weighted by atomic mass is 10.1. The number of hydrogen-bond donors (Lipinski definition) is 1. The average Bonchev–Trinajstić information content (AvgIpc) is 2.23. The standard InChI is InChI=1S/C11H23N3O/c1-15-11-9-14(10-11)6-2-5-13-7-3-12-4-8-13/h11-12H,2-10H2,1H3/p+1. The van der Waals surface area contributed by atoms with Crippen molar-refractivity contribution >= 4 is 0 Å². The van der Waals surface area contributed by atoms with Gasteiger partial charge >= 0.3 is 0 Å². The maximum atomic E-state index is 5.26. The smallest absolute Gasteiger partial charge is 0.0885 e. The lowest BCUT2D eigenvalue weighted by Gasteiger charge is -2.38. The minimum Gasteiger partial charge on any atom is -0.379 e. The van der Waals surface area contributed by atoms with E-state index < -0.39 is 0 Å². The lowest BCUT2D eigenvalue weighted by molar-refractivity contribution is -0.663. The fourth-order valence-electron chi connectivity index (χ4n) is 2.40. The van der Waals surface area contributed by atoms with Crippen LogP contribution in [0, 0.1) is 0 Å². The molecule has 2 fully saturated rings. The third kappa shape index (κ3) is 3.41. The van der Waals surface area contributed by atoms with Gasteiger partial charge in [-0.1, -0.05) is 0 Å². The highest BCUT2D eigenvalue weighted by molar-refractivity contribution is 4.80. The second-order valence-corrected chi connectivity index (χ2v) is 4.68. The molecule has 15 heavy (non-hydrogen) atoms. The SMILES string of the molecule is COC1CN(CCCN2CC[NH2+]CC2)C1. The molecule has 0 amide bonds. The van der Waals surface area contributed by atoms with E-state index in [1.165, 1.54) is 45.7 Å². The molecular weight excluding hydrogens is 190 g/mol. The molecule has 88 valence electrons. The lowest BCUT2D eigenvalue weighted by Crippen LogP contribution is -2.89. The molecule has 0 unspecified atom stereocenters. The van der Waals surface area contributed by atoms with Gasteiger partial charge in [0.15, 0.2) is 0 Å². The first-order valence-corrected chi connectivity index (χ1v) is 6.17. The molecular formula is C11H24N3O+. The molecule has 0 aromatic rings. The minimum atomic E-state index is 0.509. The molecule has 2 aliphatic heterocycles. The second-order valence-electron chi connectivity index (χ2n) is 4.68. The van der Waals surface area contributed by atoms with Crippen LogP contribution in [0.5, 0.6) is 0 Å². The summed E-state index contributed by atoms with van der Waals surface area (Å²) in [6, 6.07) is 0. The molecule has 0 radical (unpaired) electrons. The van der Waals surface area contributed by atoms with Gasteiger partial charge < -0.3 is 10.1 Å². The van der Waals surface area contributed by atoms with E-state index in [-0.39, 0.29) is 0 Å². The summed E-state index contributed by atoms with van der Waals surface area (Å²) in [5, 5.41) is 2.41. The van der Waals surface area contributed by atoms with Gasteiger partial charge in [-0.05, 0) is 19.5 Å². The first kappa shape index (κ1) is 11.3. The van der Waals surface area contributed by atoms with Crippen LogP contribution in [-0.4, -0.2) is 75.4 Å². The van der Waals surface area contributed by atoms with Crippen molar-refractivity contribution in [3.8, 4) is 0 Å². The summed E-state index contributed by atoms with van der Waals surface area (Å²) in [6.07, 6.45) is 1.82. The summed E-state index contributed by atoms with van der Waals surface area (Å²) >= 11 is 0. The van der Waals surface area contributed by atoms with E-state index >= 15 is 0 Å². The van der Waals surface area contributed by atoms with Crippen molar-refractivity contribution in [2.75, 3.05) is 59.5 Å². The summed E-state index contributed by atoms with van der Waals surface area (Å²) in [4.78, 5) is 5.08. The van der Waals surface area contributed by atoms with E-state index in [0.29, 0.717) is 6.10 Å². The summed E-state index contributed by atoms with van der Waals surface area (Å²) < 4.78 is 5.26. The van der Waals surface area contributed by atoms with Gasteiger partial charge in [-0.2, -0.15) is 0 Å². The molecule has 0 spiro atoms. The summed E-state index contributed by atoms with van der Waals surface area (Å²) in [6.45, 7) is 9.95. The van der Waals surface area contributed by atoms with Crippen molar-refractivity contribution in [2.45, 2.75) is 12.5 Å². The number of likely N-dealkylation sites (tertiary alicyclic amines) is 1. The van der Waals surface area contributed by atoms with Gasteiger partial charge in [0.1, 0.15) is 0 Å². The zero-order valence-corrected chi connectivity index (χ0v) is 9.82. The van der Waals surface area contributed by atoms with Crippen LogP contribution in [0.15, 0.2) is 0 Å². The first-order valence-electron chi connectivity index (χ1n) is 6.17. The number of hydrogen-bond acceptors (Lipinski definition) is 3. The van der Waals surface area contributed by atoms with Gasteiger partial charge in [0.25, 0.3) is 0 Å². The van der Waals surface area contributed by atoms with Gasteiger partial charge in [0.05, 0.1) is 19.2 Å². The van der Waals surface area contributed by atoms with Gasteiger partial charge in [-0.25, -0.2) is 0 Å². The Morgan fingerprint density at radius 3 is 2.47 bits per heavy atom. The third-order valence-corrected chi connectivity index (χ3v) is 3.50. The van der Waals surface area contributed by atoms with Crippen molar-refractivity contribution in [1.29, 1.82) is 0 Å². The van der Waals surface area contributed by atoms with Gasteiger partial charge in [0.2, 0.25) is 0 Å². The van der Waals surface area contributed by atoms with Crippen molar-refractivity contribution in [3.63, 3.8) is 0 Å². The van der Waals surface area contributed by atoms with E-state index in [2.05, 4.69) is 15.1 Å². The van der Waals surface area contributed by atoms with Crippen molar-refractivity contribution in [2.24, 2.45) is 0 Å². The minimum absolute atomic E-state index is 0.509. The van der Waals surface area contributed by atoms with E-state index in [1.54, 1.807) is 0 Å². The second kappa shape index (κ2) is 5.80. The molecule has 0 saturated carbocycles. The molecule has 2 N–H and O–H groups in total. The molecule has 0 aromatic carbocycles. The van der Waals surface area contributed by atoms with Crippen LogP contribution < -0.4 is 5.32 Å². The topological polar surface area (TPSA) is 32.3 Å². The van der Waals surface area contributed by atoms with Crippen molar-refractivity contribution in [1.82, 2.24) is 9.80 Å². The van der Waals surface area contributed by atoms with Gasteiger partial charge in [-0.15, -0.1) is 0 Å². The normalized spacial score (nSPS) is 25.4. The molecule has 4 nitrogen and oxygen atoms in total. The summed E-state index contributed by atoms with van der Waals surface area (Å²) in [5.41, 5.74) is 0. The Balaban J connectivity index is 1.48. The van der Waals surface area contributed by atoms with Gasteiger partial charge in [-0.3, -0.25) is 9.80 Å². The number of methoxy groups -OCH3 is 1. The van der Waals surface area contributed by atoms with Crippen LogP contribution in [0.3, 0.4) is 0 Å². The van der Waals surface area contributed by atoms with E-state index in [4.69, 9.17) is 4.74 Å². The zero-order chi connectivity index (χ0) is 10.5. The Morgan fingerprint density at radius 2 is 1.80 bits per heavy atom. The van der Waals surface area contributed by atoms with E-state index in [9.17, 15) is 0 Å². The third-order valence-electron chi connectivity index (χ3n) is 3.50. The highest BCUT2D eigenvalue weighted by Gasteiger charge is 2.25.